The number of carbonyl (C=O) groups is 2. The van der Waals surface area contributed by atoms with E-state index in [0.29, 0.717) is 23.4 Å². The topological polar surface area (TPSA) is 76.4 Å². The van der Waals surface area contributed by atoms with Crippen molar-refractivity contribution >= 4 is 35.1 Å². The van der Waals surface area contributed by atoms with Gasteiger partial charge >= 0.3 is 11.9 Å². The maximum absolute atomic E-state index is 12.1. The molecular formula is C18H21Cl2NO4. The van der Waals surface area contributed by atoms with E-state index in [1.165, 1.54) is 12.1 Å². The minimum atomic E-state index is -1.43. The smallest absolute Gasteiger partial charge is 0.307 e. The zero-order valence-corrected chi connectivity index (χ0v) is 15.8. The summed E-state index contributed by atoms with van der Waals surface area (Å²) >= 11 is 12.0. The van der Waals surface area contributed by atoms with Gasteiger partial charge in [-0.1, -0.05) is 43.1 Å². The lowest BCUT2D eigenvalue weighted by atomic mass is 9.76. The van der Waals surface area contributed by atoms with Crippen LogP contribution in [0.3, 0.4) is 0 Å². The summed E-state index contributed by atoms with van der Waals surface area (Å²) in [5.74, 6) is -1.12. The van der Waals surface area contributed by atoms with Crippen molar-refractivity contribution in [3.63, 3.8) is 0 Å². The minimum absolute atomic E-state index is 0.239. The molecule has 0 aliphatic carbocycles. The number of carbonyl (C=O) groups excluding carboxylic acids is 2. The van der Waals surface area contributed by atoms with Gasteiger partial charge in [0.25, 0.3) is 0 Å². The molecule has 0 saturated carbocycles. The van der Waals surface area contributed by atoms with E-state index >= 15 is 0 Å². The van der Waals surface area contributed by atoms with Crippen LogP contribution in [0.4, 0.5) is 0 Å². The SMILES string of the molecule is CCCOC(=O)CC(C#N)(CC(=O)OCCC)c1ccc(Cl)c(Cl)c1. The molecule has 0 aliphatic heterocycles. The highest BCUT2D eigenvalue weighted by molar-refractivity contribution is 6.42. The van der Waals surface area contributed by atoms with E-state index in [9.17, 15) is 14.9 Å². The molecule has 0 amide bonds. The molecule has 0 saturated heterocycles. The average molecular weight is 386 g/mol. The Kier molecular flexibility index (Phi) is 8.74. The van der Waals surface area contributed by atoms with E-state index in [1.54, 1.807) is 6.07 Å². The fourth-order valence-electron chi connectivity index (χ4n) is 2.23. The van der Waals surface area contributed by atoms with Crippen molar-refractivity contribution in [2.75, 3.05) is 13.2 Å². The van der Waals surface area contributed by atoms with Gasteiger partial charge in [0.05, 0.1) is 42.2 Å². The second-order valence-electron chi connectivity index (χ2n) is 5.62. The molecule has 0 heterocycles. The summed E-state index contributed by atoms with van der Waals surface area (Å²) in [6.07, 6.45) is 0.776. The maximum Gasteiger partial charge on any atom is 0.307 e. The Balaban J connectivity index is 3.17. The maximum atomic E-state index is 12.1. The first-order valence-corrected chi connectivity index (χ1v) is 8.82. The van der Waals surface area contributed by atoms with Crippen molar-refractivity contribution in [1.82, 2.24) is 0 Å². The second-order valence-corrected chi connectivity index (χ2v) is 6.43. The molecule has 0 unspecified atom stereocenters. The number of nitrogens with zero attached hydrogens (tertiary/aromatic N) is 1. The third kappa shape index (κ3) is 6.22. The summed E-state index contributed by atoms with van der Waals surface area (Å²) in [6.45, 7) is 4.24. The molecule has 0 spiro atoms. The van der Waals surface area contributed by atoms with Crippen LogP contribution in [0.25, 0.3) is 0 Å². The Labute approximate surface area is 157 Å². The number of halogens is 2. The van der Waals surface area contributed by atoms with Crippen LogP contribution in [0.2, 0.25) is 10.0 Å². The average Bonchev–Trinajstić information content (AvgIpc) is 2.59. The Morgan fingerprint density at radius 1 is 1.04 bits per heavy atom. The summed E-state index contributed by atoms with van der Waals surface area (Å²) in [4.78, 5) is 24.2. The number of hydrogen-bond donors (Lipinski definition) is 0. The third-order valence-corrected chi connectivity index (χ3v) is 4.25. The highest BCUT2D eigenvalue weighted by Gasteiger charge is 2.39. The number of esters is 2. The van der Waals surface area contributed by atoms with Gasteiger partial charge in [-0.2, -0.15) is 5.26 Å². The largest absolute Gasteiger partial charge is 0.466 e. The molecule has 1 aromatic rings. The first kappa shape index (κ1) is 21.3. The van der Waals surface area contributed by atoms with Gasteiger partial charge in [0.1, 0.15) is 5.41 Å². The lowest BCUT2D eigenvalue weighted by Crippen LogP contribution is -2.32. The fourth-order valence-corrected chi connectivity index (χ4v) is 2.53. The molecule has 1 aromatic carbocycles. The highest BCUT2D eigenvalue weighted by Crippen LogP contribution is 2.36. The van der Waals surface area contributed by atoms with Gasteiger partial charge in [0.15, 0.2) is 0 Å². The zero-order chi connectivity index (χ0) is 18.9. The summed E-state index contributed by atoms with van der Waals surface area (Å²) < 4.78 is 10.2. The molecule has 0 aromatic heterocycles. The van der Waals surface area contributed by atoms with Crippen LogP contribution < -0.4 is 0 Å². The predicted molar refractivity (Wildman–Crippen MR) is 95.5 cm³/mol. The third-order valence-electron chi connectivity index (χ3n) is 3.51. The summed E-state index contributed by atoms with van der Waals surface area (Å²) in [7, 11) is 0. The zero-order valence-electron chi connectivity index (χ0n) is 14.3. The van der Waals surface area contributed by atoms with Crippen molar-refractivity contribution < 1.29 is 19.1 Å². The van der Waals surface area contributed by atoms with Crippen LogP contribution in [0.5, 0.6) is 0 Å². The van der Waals surface area contributed by atoms with Gasteiger partial charge in [-0.15, -0.1) is 0 Å². The van der Waals surface area contributed by atoms with E-state index < -0.39 is 17.4 Å². The molecule has 136 valence electrons. The summed E-state index contributed by atoms with van der Waals surface area (Å²) in [5, 5.41) is 10.4. The normalized spacial score (nSPS) is 10.8. The lowest BCUT2D eigenvalue weighted by Gasteiger charge is -2.25. The van der Waals surface area contributed by atoms with Crippen molar-refractivity contribution in [2.45, 2.75) is 44.9 Å². The van der Waals surface area contributed by atoms with E-state index in [4.69, 9.17) is 32.7 Å². The first-order valence-electron chi connectivity index (χ1n) is 8.06. The minimum Gasteiger partial charge on any atom is -0.466 e. The molecule has 0 radical (unpaired) electrons. The van der Waals surface area contributed by atoms with Crippen molar-refractivity contribution in [3.8, 4) is 6.07 Å². The molecular weight excluding hydrogens is 365 g/mol. The van der Waals surface area contributed by atoms with Gasteiger partial charge in [-0.3, -0.25) is 9.59 Å². The van der Waals surface area contributed by atoms with Crippen LogP contribution in [0.1, 0.15) is 45.1 Å². The predicted octanol–water partition coefficient (Wildman–Crippen LogP) is 4.44. The van der Waals surface area contributed by atoms with E-state index in [2.05, 4.69) is 6.07 Å². The van der Waals surface area contributed by atoms with Gasteiger partial charge in [0, 0.05) is 0 Å². The van der Waals surface area contributed by atoms with E-state index in [0.717, 1.165) is 0 Å². The number of ether oxygens (including phenoxy) is 2. The monoisotopic (exact) mass is 385 g/mol. The fraction of sp³-hybridized carbons (Fsp3) is 0.500. The molecule has 1 rings (SSSR count). The highest BCUT2D eigenvalue weighted by atomic mass is 35.5. The quantitative estimate of drug-likeness (QED) is 0.587. The number of benzene rings is 1. The van der Waals surface area contributed by atoms with Crippen LogP contribution in [0, 0.1) is 11.3 Å². The van der Waals surface area contributed by atoms with E-state index in [1.807, 2.05) is 13.8 Å². The lowest BCUT2D eigenvalue weighted by molar-refractivity contribution is -0.147. The molecule has 0 fully saturated rings. The number of hydrogen-bond acceptors (Lipinski definition) is 5. The van der Waals surface area contributed by atoms with Crippen LogP contribution >= 0.6 is 23.2 Å². The van der Waals surface area contributed by atoms with E-state index in [-0.39, 0.29) is 31.1 Å². The second kappa shape index (κ2) is 10.3. The summed E-state index contributed by atoms with van der Waals surface area (Å²) in [5.41, 5.74) is -1.00. The van der Waals surface area contributed by atoms with Crippen LogP contribution in [-0.4, -0.2) is 25.2 Å². The molecule has 0 N–H and O–H groups in total. The molecule has 25 heavy (non-hydrogen) atoms. The van der Waals surface area contributed by atoms with Gasteiger partial charge in [-0.05, 0) is 30.5 Å². The van der Waals surface area contributed by atoms with Gasteiger partial charge < -0.3 is 9.47 Å². The Bertz CT molecular complexity index is 633. The van der Waals surface area contributed by atoms with Crippen LogP contribution in [0.15, 0.2) is 18.2 Å². The molecule has 7 heteroatoms. The van der Waals surface area contributed by atoms with Gasteiger partial charge in [-0.25, -0.2) is 0 Å². The van der Waals surface area contributed by atoms with Crippen molar-refractivity contribution in [2.24, 2.45) is 0 Å². The molecule has 0 atom stereocenters. The molecule has 0 aliphatic rings. The standard InChI is InChI=1S/C18H21Cl2NO4/c1-3-7-24-16(22)10-18(12-21,11-17(23)25-8-4-2)13-5-6-14(19)15(20)9-13/h5-6,9H,3-4,7-8,10-11H2,1-2H3. The Hall–Kier alpha value is -1.77. The number of rotatable bonds is 9. The van der Waals surface area contributed by atoms with Crippen molar-refractivity contribution in [1.29, 1.82) is 5.26 Å². The van der Waals surface area contributed by atoms with Crippen molar-refractivity contribution in [3.05, 3.63) is 33.8 Å². The van der Waals surface area contributed by atoms with Gasteiger partial charge in [0.2, 0.25) is 0 Å². The Morgan fingerprint density at radius 2 is 1.56 bits per heavy atom. The first-order chi connectivity index (χ1) is 11.9. The molecule has 5 nitrogen and oxygen atoms in total. The Morgan fingerprint density at radius 3 is 1.96 bits per heavy atom. The van der Waals surface area contributed by atoms with Crippen LogP contribution in [-0.2, 0) is 24.5 Å². The number of nitriles is 1. The summed E-state index contributed by atoms with van der Waals surface area (Å²) in [6, 6.07) is 6.69. The molecule has 0 bridgehead atoms.